The van der Waals surface area contributed by atoms with Crippen LogP contribution in [0.5, 0.6) is 0 Å². The Bertz CT molecular complexity index is 801. The highest BCUT2D eigenvalue weighted by Crippen LogP contribution is 2.30. The van der Waals surface area contributed by atoms with Crippen molar-refractivity contribution in [1.82, 2.24) is 19.5 Å². The molecule has 1 saturated carbocycles. The molecular weight excluding hydrogens is 330 g/mol. The van der Waals surface area contributed by atoms with Gasteiger partial charge < -0.3 is 9.64 Å². The first-order chi connectivity index (χ1) is 12.7. The number of anilines is 1. The maximum Gasteiger partial charge on any atom is 0.255 e. The van der Waals surface area contributed by atoms with Crippen LogP contribution >= 0.6 is 0 Å². The zero-order valence-corrected chi connectivity index (χ0v) is 15.2. The Morgan fingerprint density at radius 3 is 2.88 bits per heavy atom. The molecule has 0 bridgehead atoms. The molecule has 0 N–H and O–H groups in total. The van der Waals surface area contributed by atoms with Crippen LogP contribution in [-0.4, -0.2) is 45.3 Å². The molecule has 1 atom stereocenters. The normalized spacial score (nSPS) is 21.3. The first-order valence-corrected chi connectivity index (χ1v) is 9.42. The van der Waals surface area contributed by atoms with Crippen LogP contribution in [0, 0.1) is 5.92 Å². The van der Waals surface area contributed by atoms with E-state index in [1.54, 1.807) is 23.9 Å². The third-order valence-corrected chi connectivity index (χ3v) is 5.45. The van der Waals surface area contributed by atoms with E-state index in [0.29, 0.717) is 23.9 Å². The molecule has 2 fully saturated rings. The largest absolute Gasteiger partial charge is 0.375 e. The molecule has 0 spiro atoms. The molecule has 138 valence electrons. The lowest BCUT2D eigenvalue weighted by molar-refractivity contribution is 0.0244. The fourth-order valence-electron chi connectivity index (χ4n) is 4.05. The summed E-state index contributed by atoms with van der Waals surface area (Å²) in [4.78, 5) is 27.5. The number of ether oxygens (including phenoxy) is 1. The van der Waals surface area contributed by atoms with E-state index in [0.717, 1.165) is 25.4 Å². The lowest BCUT2D eigenvalue weighted by atomic mass is 9.99. The Morgan fingerprint density at radius 2 is 2.12 bits per heavy atom. The molecular formula is C19H25N5O2. The Labute approximate surface area is 153 Å². The smallest absolute Gasteiger partial charge is 0.255 e. The minimum Gasteiger partial charge on any atom is -0.375 e. The summed E-state index contributed by atoms with van der Waals surface area (Å²) in [7, 11) is 1.77. The van der Waals surface area contributed by atoms with Gasteiger partial charge in [0, 0.05) is 32.4 Å². The monoisotopic (exact) mass is 355 g/mol. The van der Waals surface area contributed by atoms with Crippen molar-refractivity contribution in [3.05, 3.63) is 35.0 Å². The molecule has 1 unspecified atom stereocenters. The number of hydrogen-bond donors (Lipinski definition) is 0. The van der Waals surface area contributed by atoms with Crippen LogP contribution in [-0.2, 0) is 11.8 Å². The maximum absolute atomic E-state index is 12.5. The number of hydrogen-bond acceptors (Lipinski definition) is 6. The van der Waals surface area contributed by atoms with Gasteiger partial charge in [0.05, 0.1) is 24.1 Å². The van der Waals surface area contributed by atoms with Gasteiger partial charge in [-0.05, 0) is 18.4 Å². The third kappa shape index (κ3) is 3.62. The number of morpholine rings is 1. The van der Waals surface area contributed by atoms with Gasteiger partial charge in [0.15, 0.2) is 0 Å². The minimum absolute atomic E-state index is 0.0811. The summed E-state index contributed by atoms with van der Waals surface area (Å²) in [6.45, 7) is 2.20. The highest BCUT2D eigenvalue weighted by Gasteiger charge is 2.27. The summed E-state index contributed by atoms with van der Waals surface area (Å²) in [5.74, 6) is 1.47. The third-order valence-electron chi connectivity index (χ3n) is 5.45. The molecule has 26 heavy (non-hydrogen) atoms. The summed E-state index contributed by atoms with van der Waals surface area (Å²) < 4.78 is 7.61. The lowest BCUT2D eigenvalue weighted by Crippen LogP contribution is -2.45. The predicted octanol–water partition coefficient (Wildman–Crippen LogP) is 2.02. The molecule has 7 heteroatoms. The Morgan fingerprint density at radius 1 is 1.27 bits per heavy atom. The van der Waals surface area contributed by atoms with E-state index in [-0.39, 0.29) is 11.7 Å². The van der Waals surface area contributed by atoms with E-state index in [4.69, 9.17) is 9.72 Å². The summed E-state index contributed by atoms with van der Waals surface area (Å²) in [6, 6.07) is 3.30. The highest BCUT2D eigenvalue weighted by atomic mass is 16.5. The second-order valence-corrected chi connectivity index (χ2v) is 7.26. The molecule has 0 radical (unpaired) electrons. The SMILES string of the molecule is Cn1c(N2CCOC(CC3CCCC3)C2)nc(-c2ccncn2)cc1=O. The average Bonchev–Trinajstić information content (AvgIpc) is 3.18. The molecule has 2 aromatic heterocycles. The van der Waals surface area contributed by atoms with E-state index >= 15 is 0 Å². The van der Waals surface area contributed by atoms with Crippen molar-refractivity contribution in [1.29, 1.82) is 0 Å². The molecule has 2 aromatic rings. The second-order valence-electron chi connectivity index (χ2n) is 7.26. The predicted molar refractivity (Wildman–Crippen MR) is 99.0 cm³/mol. The van der Waals surface area contributed by atoms with Crippen LogP contribution in [0.2, 0.25) is 0 Å². The molecule has 2 aliphatic rings. The van der Waals surface area contributed by atoms with E-state index < -0.39 is 0 Å². The molecule has 3 heterocycles. The van der Waals surface area contributed by atoms with Gasteiger partial charge in [-0.1, -0.05) is 25.7 Å². The van der Waals surface area contributed by atoms with Gasteiger partial charge in [0.2, 0.25) is 5.95 Å². The van der Waals surface area contributed by atoms with Crippen molar-refractivity contribution >= 4 is 5.95 Å². The number of nitrogens with zero attached hydrogens (tertiary/aromatic N) is 5. The second kappa shape index (κ2) is 7.53. The standard InChI is InChI=1S/C19H25N5O2/c1-23-18(25)11-17(16-6-7-20-13-21-16)22-19(23)24-8-9-26-15(12-24)10-14-4-2-3-5-14/h6-7,11,13-15H,2-5,8-10,12H2,1H3. The van der Waals surface area contributed by atoms with E-state index in [2.05, 4.69) is 14.9 Å². The highest BCUT2D eigenvalue weighted by molar-refractivity contribution is 5.55. The molecule has 7 nitrogen and oxygen atoms in total. The molecule has 1 aliphatic heterocycles. The quantitative estimate of drug-likeness (QED) is 0.835. The van der Waals surface area contributed by atoms with Gasteiger partial charge in [-0.2, -0.15) is 0 Å². The first kappa shape index (κ1) is 17.1. The van der Waals surface area contributed by atoms with E-state index in [1.807, 2.05) is 0 Å². The number of rotatable bonds is 4. The van der Waals surface area contributed by atoms with Gasteiger partial charge in [-0.25, -0.2) is 15.0 Å². The van der Waals surface area contributed by atoms with Crippen molar-refractivity contribution in [2.45, 2.75) is 38.2 Å². The lowest BCUT2D eigenvalue weighted by Gasteiger charge is -2.35. The Hall–Kier alpha value is -2.28. The van der Waals surface area contributed by atoms with Crippen LogP contribution in [0.25, 0.3) is 11.4 Å². The van der Waals surface area contributed by atoms with Crippen molar-refractivity contribution in [3.8, 4) is 11.4 Å². The van der Waals surface area contributed by atoms with Crippen LogP contribution in [0.4, 0.5) is 5.95 Å². The molecule has 4 rings (SSSR count). The van der Waals surface area contributed by atoms with Gasteiger partial charge in [0.1, 0.15) is 6.33 Å². The van der Waals surface area contributed by atoms with Gasteiger partial charge >= 0.3 is 0 Å². The maximum atomic E-state index is 12.5. The van der Waals surface area contributed by atoms with Gasteiger partial charge in [0.25, 0.3) is 5.56 Å². The van der Waals surface area contributed by atoms with E-state index in [9.17, 15) is 4.79 Å². The summed E-state index contributed by atoms with van der Waals surface area (Å²) in [5, 5.41) is 0. The molecule has 1 saturated heterocycles. The zero-order valence-electron chi connectivity index (χ0n) is 15.2. The van der Waals surface area contributed by atoms with Crippen LogP contribution in [0.15, 0.2) is 29.5 Å². The minimum atomic E-state index is -0.0811. The van der Waals surface area contributed by atoms with Gasteiger partial charge in [-0.3, -0.25) is 9.36 Å². The van der Waals surface area contributed by atoms with Crippen molar-refractivity contribution in [3.63, 3.8) is 0 Å². The molecule has 0 aromatic carbocycles. The average molecular weight is 355 g/mol. The van der Waals surface area contributed by atoms with Crippen LogP contribution in [0.1, 0.15) is 32.1 Å². The Balaban J connectivity index is 1.57. The number of aromatic nitrogens is 4. The molecule has 0 amide bonds. The summed E-state index contributed by atoms with van der Waals surface area (Å²) in [5.41, 5.74) is 1.17. The van der Waals surface area contributed by atoms with Crippen LogP contribution < -0.4 is 10.5 Å². The Kier molecular flexibility index (Phi) is 4.97. The van der Waals surface area contributed by atoms with Crippen LogP contribution in [0.3, 0.4) is 0 Å². The fourth-order valence-corrected chi connectivity index (χ4v) is 4.05. The topological polar surface area (TPSA) is 73.1 Å². The van der Waals surface area contributed by atoms with E-state index in [1.165, 1.54) is 38.1 Å². The van der Waals surface area contributed by atoms with Crippen molar-refractivity contribution in [2.75, 3.05) is 24.6 Å². The van der Waals surface area contributed by atoms with Gasteiger partial charge in [-0.15, -0.1) is 0 Å². The zero-order chi connectivity index (χ0) is 17.9. The van der Waals surface area contributed by atoms with Crippen molar-refractivity contribution in [2.24, 2.45) is 13.0 Å². The summed E-state index contributed by atoms with van der Waals surface area (Å²) in [6.07, 6.45) is 9.78. The molecule has 1 aliphatic carbocycles. The van der Waals surface area contributed by atoms with Crippen molar-refractivity contribution < 1.29 is 4.74 Å². The summed E-state index contributed by atoms with van der Waals surface area (Å²) >= 11 is 0. The fraction of sp³-hybridized carbons (Fsp3) is 0.579. The first-order valence-electron chi connectivity index (χ1n) is 9.42.